The van der Waals surface area contributed by atoms with Gasteiger partial charge in [0.15, 0.2) is 23.1 Å². The van der Waals surface area contributed by atoms with Gasteiger partial charge in [0.25, 0.3) is 0 Å². The lowest BCUT2D eigenvalue weighted by atomic mass is 10.1. The van der Waals surface area contributed by atoms with Crippen molar-refractivity contribution >= 4 is 40.0 Å². The molecule has 0 spiro atoms. The number of hydrogen-bond donors (Lipinski definition) is 3. The number of aromatic amines is 1. The third-order valence-corrected chi connectivity index (χ3v) is 6.89. The minimum Gasteiger partial charge on any atom is -0.485 e. The van der Waals surface area contributed by atoms with E-state index in [0.29, 0.717) is 18.6 Å². The number of aliphatic carboxylic acids is 1. The summed E-state index contributed by atoms with van der Waals surface area (Å²) in [5, 5.41) is 19.5. The molecule has 6 rings (SSSR count). The number of nitrogens with zero attached hydrogens (tertiary/aromatic N) is 4. The lowest BCUT2D eigenvalue weighted by molar-refractivity contribution is -0.192. The van der Waals surface area contributed by atoms with E-state index < -0.39 is 65.2 Å². The number of alkyl halides is 3. The highest BCUT2D eigenvalue weighted by atomic mass is 19.4. The summed E-state index contributed by atoms with van der Waals surface area (Å²) in [6.07, 6.45) is -6.94. The molecule has 3 N–H and O–H groups in total. The molecule has 0 bridgehead atoms. The maximum atomic E-state index is 14.4. The number of aromatic nitrogens is 4. The molecular weight excluding hydrogens is 729 g/mol. The lowest BCUT2D eigenvalue weighted by Crippen LogP contribution is -2.57. The van der Waals surface area contributed by atoms with Crippen LogP contribution in [0.2, 0.25) is 0 Å². The van der Waals surface area contributed by atoms with Crippen molar-refractivity contribution in [2.24, 2.45) is 0 Å². The fourth-order valence-corrected chi connectivity index (χ4v) is 4.38. The molecule has 2 fully saturated rings. The van der Waals surface area contributed by atoms with Gasteiger partial charge in [-0.2, -0.15) is 31.7 Å². The Morgan fingerprint density at radius 2 is 1.30 bits per heavy atom. The monoisotopic (exact) mass is 764 g/mol. The molecule has 2 aromatic heterocycles. The summed E-state index contributed by atoms with van der Waals surface area (Å²) in [6.45, 7) is 12.1. The van der Waals surface area contributed by atoms with Gasteiger partial charge in [0.2, 0.25) is 11.9 Å². The normalized spacial score (nSPS) is 15.0. The van der Waals surface area contributed by atoms with Crippen molar-refractivity contribution in [2.45, 2.75) is 71.1 Å². The van der Waals surface area contributed by atoms with Gasteiger partial charge in [-0.05, 0) is 53.7 Å². The van der Waals surface area contributed by atoms with Crippen LogP contribution >= 0.6 is 0 Å². The number of halogens is 7. The molecule has 4 aromatic rings. The standard InChI is InChI=1S/C20H25F2N3O5.C10H9F2N3O.C2HF3O2/c1-19(2,3)29-17(26)24-9-11(10-24)28-15-8-14-12(7-13(15)21)16(22)23-25(14)18(27)30-20(4,5)6;11-7-1-6-8(14-15-10(6)12)2-9(7)16-5-3-13-4-5;3-2(4,5)1(6)7/h7-8,11H,9-10H2,1-6H3;1-2,5,13H,3-4H2,(H,14,15);(H,6,7). The van der Waals surface area contributed by atoms with E-state index in [9.17, 15) is 40.3 Å². The van der Waals surface area contributed by atoms with Crippen LogP contribution in [0.1, 0.15) is 41.5 Å². The molecule has 2 aliphatic heterocycles. The molecule has 0 saturated carbocycles. The second-order valence-corrected chi connectivity index (χ2v) is 13.6. The fraction of sp³-hybridized carbons (Fsp3) is 0.469. The van der Waals surface area contributed by atoms with Crippen molar-refractivity contribution in [3.8, 4) is 11.5 Å². The van der Waals surface area contributed by atoms with Crippen LogP contribution in [0.3, 0.4) is 0 Å². The summed E-state index contributed by atoms with van der Waals surface area (Å²) in [6, 6.07) is 4.61. The summed E-state index contributed by atoms with van der Waals surface area (Å²) in [4.78, 5) is 34.6. The molecular formula is C32H35F7N6O8. The Morgan fingerprint density at radius 3 is 1.81 bits per heavy atom. The number of carbonyl (C=O) groups excluding carboxylic acids is 2. The molecule has 0 aliphatic carbocycles. The van der Waals surface area contributed by atoms with Crippen LogP contribution < -0.4 is 14.8 Å². The molecule has 2 aromatic carbocycles. The van der Waals surface area contributed by atoms with Gasteiger partial charge in [0, 0.05) is 25.2 Å². The van der Waals surface area contributed by atoms with Crippen molar-refractivity contribution in [1.82, 2.24) is 30.2 Å². The third-order valence-electron chi connectivity index (χ3n) is 6.89. The summed E-state index contributed by atoms with van der Waals surface area (Å²) >= 11 is 0. The van der Waals surface area contributed by atoms with E-state index in [-0.39, 0.29) is 47.0 Å². The van der Waals surface area contributed by atoms with Crippen LogP contribution in [0.5, 0.6) is 11.5 Å². The zero-order valence-corrected chi connectivity index (χ0v) is 29.0. The number of nitrogens with one attached hydrogen (secondary N) is 2. The molecule has 14 nitrogen and oxygen atoms in total. The van der Waals surface area contributed by atoms with Gasteiger partial charge >= 0.3 is 24.3 Å². The largest absolute Gasteiger partial charge is 0.490 e. The first kappa shape index (κ1) is 40.4. The Kier molecular flexibility index (Phi) is 11.7. The maximum absolute atomic E-state index is 14.4. The molecule has 53 heavy (non-hydrogen) atoms. The van der Waals surface area contributed by atoms with Crippen molar-refractivity contribution in [1.29, 1.82) is 0 Å². The maximum Gasteiger partial charge on any atom is 0.490 e. The van der Waals surface area contributed by atoms with Gasteiger partial charge in [-0.1, -0.05) is 0 Å². The summed E-state index contributed by atoms with van der Waals surface area (Å²) in [7, 11) is 0. The van der Waals surface area contributed by atoms with Gasteiger partial charge in [0.05, 0.1) is 34.9 Å². The van der Waals surface area contributed by atoms with E-state index in [2.05, 4.69) is 20.6 Å². The van der Waals surface area contributed by atoms with Crippen LogP contribution in [-0.4, -0.2) is 104 Å². The minimum absolute atomic E-state index is 0.0153. The summed E-state index contributed by atoms with van der Waals surface area (Å²) < 4.78 is 109. The highest BCUT2D eigenvalue weighted by Gasteiger charge is 2.38. The third kappa shape index (κ3) is 10.6. The lowest BCUT2D eigenvalue weighted by Gasteiger charge is -2.39. The molecule has 4 heterocycles. The molecule has 1 amide bonds. The van der Waals surface area contributed by atoms with Crippen molar-refractivity contribution in [3.05, 3.63) is 47.8 Å². The topological polar surface area (TPSA) is 170 Å². The minimum atomic E-state index is -5.08. The van der Waals surface area contributed by atoms with Crippen molar-refractivity contribution in [3.63, 3.8) is 0 Å². The number of amides is 1. The molecule has 290 valence electrons. The Labute approximate surface area is 296 Å². The number of hydrogen-bond acceptors (Lipinski definition) is 10. The van der Waals surface area contributed by atoms with E-state index in [4.69, 9.17) is 28.8 Å². The van der Waals surface area contributed by atoms with Crippen LogP contribution in [0.25, 0.3) is 21.8 Å². The number of H-pyrrole nitrogens is 1. The second kappa shape index (κ2) is 15.3. The average Bonchev–Trinajstić information content (AvgIpc) is 3.49. The van der Waals surface area contributed by atoms with Crippen LogP contribution in [0, 0.1) is 23.5 Å². The first-order valence-electron chi connectivity index (χ1n) is 15.7. The Balaban J connectivity index is 0.000000225. The second-order valence-electron chi connectivity index (χ2n) is 13.6. The van der Waals surface area contributed by atoms with Crippen molar-refractivity contribution in [2.75, 3.05) is 26.2 Å². The van der Waals surface area contributed by atoms with Crippen LogP contribution in [0.4, 0.5) is 40.3 Å². The number of ether oxygens (including phenoxy) is 4. The van der Waals surface area contributed by atoms with E-state index in [1.165, 1.54) is 17.0 Å². The van der Waals surface area contributed by atoms with Gasteiger partial charge < -0.3 is 34.3 Å². The SMILES string of the molecule is CC(C)(C)OC(=O)N1CC(Oc2cc3c(cc2F)c(F)nn3C(=O)OC(C)(C)C)C1.Fc1cc2c(F)[nH]nc2cc1OC1CNC1.O=C(O)C(F)(F)F. The average molecular weight is 765 g/mol. The highest BCUT2D eigenvalue weighted by Crippen LogP contribution is 2.30. The number of likely N-dealkylation sites (tertiary alicyclic amines) is 1. The van der Waals surface area contributed by atoms with E-state index in [0.717, 1.165) is 16.8 Å². The number of carboxylic acid groups (broad SMARTS) is 1. The predicted octanol–water partition coefficient (Wildman–Crippen LogP) is 5.92. The number of carbonyl (C=O) groups is 3. The van der Waals surface area contributed by atoms with Gasteiger partial charge in [-0.3, -0.25) is 5.10 Å². The molecule has 2 aliphatic rings. The van der Waals surface area contributed by atoms with Crippen molar-refractivity contribution < 1.29 is 69.2 Å². The molecule has 21 heteroatoms. The Bertz CT molecular complexity index is 1980. The first-order chi connectivity index (χ1) is 24.4. The Morgan fingerprint density at radius 1 is 0.792 bits per heavy atom. The number of fused-ring (bicyclic) bond motifs is 2. The van der Waals surface area contributed by atoms with Crippen LogP contribution in [-0.2, 0) is 14.3 Å². The molecule has 0 unspecified atom stereocenters. The van der Waals surface area contributed by atoms with Gasteiger partial charge in [0.1, 0.15) is 23.4 Å². The van der Waals surface area contributed by atoms with E-state index in [1.54, 1.807) is 41.5 Å². The molecule has 0 atom stereocenters. The van der Waals surface area contributed by atoms with Gasteiger partial charge in [-0.15, -0.1) is 5.10 Å². The summed E-state index contributed by atoms with van der Waals surface area (Å²) in [5.41, 5.74) is -1.06. The highest BCUT2D eigenvalue weighted by molar-refractivity contribution is 5.89. The number of benzene rings is 2. The smallest absolute Gasteiger partial charge is 0.485 e. The zero-order chi connectivity index (χ0) is 39.6. The number of rotatable bonds is 4. The summed E-state index contributed by atoms with van der Waals surface area (Å²) in [5.74, 6) is -5.83. The van der Waals surface area contributed by atoms with Crippen LogP contribution in [0.15, 0.2) is 24.3 Å². The van der Waals surface area contributed by atoms with Gasteiger partial charge in [-0.25, -0.2) is 23.2 Å². The van der Waals surface area contributed by atoms with E-state index >= 15 is 0 Å². The molecule has 2 saturated heterocycles. The quantitative estimate of drug-likeness (QED) is 0.211. The number of carboxylic acids is 1. The zero-order valence-electron chi connectivity index (χ0n) is 29.0. The fourth-order valence-electron chi connectivity index (χ4n) is 4.38. The molecule has 0 radical (unpaired) electrons. The van der Waals surface area contributed by atoms with E-state index in [1.807, 2.05) is 0 Å². The Hall–Kier alpha value is -5.34. The predicted molar refractivity (Wildman–Crippen MR) is 170 cm³/mol. The first-order valence-corrected chi connectivity index (χ1v) is 15.7.